The fourth-order valence-corrected chi connectivity index (χ4v) is 3.81. The second-order valence-corrected chi connectivity index (χ2v) is 7.50. The highest BCUT2D eigenvalue weighted by Gasteiger charge is 2.44. The van der Waals surface area contributed by atoms with Crippen LogP contribution >= 0.6 is 0 Å². The zero-order chi connectivity index (χ0) is 20.5. The number of hydrogen-bond acceptors (Lipinski definition) is 8. The fraction of sp³-hybridized carbons (Fsp3) is 0.450. The fourth-order valence-electron chi connectivity index (χ4n) is 3.81. The Hall–Kier alpha value is -2.59. The molecule has 154 valence electrons. The van der Waals surface area contributed by atoms with Crippen LogP contribution in [0.3, 0.4) is 0 Å². The number of ether oxygens (including phenoxy) is 1. The van der Waals surface area contributed by atoms with Crippen LogP contribution in [0.2, 0.25) is 0 Å². The second kappa shape index (κ2) is 8.03. The van der Waals surface area contributed by atoms with Crippen LogP contribution in [-0.4, -0.2) is 54.1 Å². The number of aliphatic hydroxyl groups is 2. The van der Waals surface area contributed by atoms with Crippen LogP contribution in [0.25, 0.3) is 11.2 Å². The monoisotopic (exact) mass is 398 g/mol. The standard InChI is InChI=1S/C20H26N6O3/c1-2-11-3-5-12(6-4-11)7-13(21)8-14-16(27)17(28)20(29-14)26-10-25-15-18(22)23-9-24-19(15)26/h3-6,9-10,13-14,16-17,20,27-28H,2,7-8,21H2,1H3,(H2,22,23,24)/t13?,14-,16-,17-,20-/m1/s1. The Morgan fingerprint density at radius 1 is 1.10 bits per heavy atom. The molecule has 3 aromatic rings. The summed E-state index contributed by atoms with van der Waals surface area (Å²) >= 11 is 0. The molecule has 1 fully saturated rings. The Morgan fingerprint density at radius 3 is 2.55 bits per heavy atom. The van der Waals surface area contributed by atoms with Gasteiger partial charge >= 0.3 is 0 Å². The lowest BCUT2D eigenvalue weighted by molar-refractivity contribution is -0.0385. The van der Waals surface area contributed by atoms with Crippen LogP contribution in [0.5, 0.6) is 0 Å². The molecule has 1 saturated heterocycles. The summed E-state index contributed by atoms with van der Waals surface area (Å²) in [6, 6.07) is 8.13. The molecule has 0 amide bonds. The number of imidazole rings is 1. The number of benzene rings is 1. The van der Waals surface area contributed by atoms with Gasteiger partial charge in [0, 0.05) is 6.04 Å². The number of aromatic nitrogens is 4. The molecule has 0 radical (unpaired) electrons. The topological polar surface area (TPSA) is 145 Å². The van der Waals surface area contributed by atoms with E-state index in [4.69, 9.17) is 16.2 Å². The van der Waals surface area contributed by atoms with Crippen molar-refractivity contribution in [2.75, 3.05) is 5.73 Å². The first-order chi connectivity index (χ1) is 14.0. The zero-order valence-electron chi connectivity index (χ0n) is 16.2. The van der Waals surface area contributed by atoms with E-state index in [-0.39, 0.29) is 11.9 Å². The molecule has 2 aromatic heterocycles. The molecule has 9 heteroatoms. The highest BCUT2D eigenvalue weighted by Crippen LogP contribution is 2.33. The number of aryl methyl sites for hydroxylation is 1. The van der Waals surface area contributed by atoms with Crippen LogP contribution in [0.1, 0.15) is 30.7 Å². The summed E-state index contributed by atoms with van der Waals surface area (Å²) in [4.78, 5) is 12.3. The number of hydrogen-bond donors (Lipinski definition) is 4. The summed E-state index contributed by atoms with van der Waals surface area (Å²) in [5.41, 5.74) is 15.4. The van der Waals surface area contributed by atoms with Gasteiger partial charge in [0.05, 0.1) is 12.4 Å². The lowest BCUT2D eigenvalue weighted by Crippen LogP contribution is -2.36. The van der Waals surface area contributed by atoms with E-state index in [1.807, 2.05) is 0 Å². The van der Waals surface area contributed by atoms with Crippen molar-refractivity contribution in [3.8, 4) is 0 Å². The normalized spacial score (nSPS) is 25.5. The molecule has 1 aliphatic heterocycles. The average Bonchev–Trinajstić information content (AvgIpc) is 3.26. The van der Waals surface area contributed by atoms with E-state index in [0.29, 0.717) is 24.0 Å². The number of nitrogens with two attached hydrogens (primary N) is 2. The predicted octanol–water partition coefficient (Wildman–Crippen LogP) is 0.550. The van der Waals surface area contributed by atoms with Gasteiger partial charge in [-0.3, -0.25) is 4.57 Å². The Kier molecular flexibility index (Phi) is 5.46. The first kappa shape index (κ1) is 19.7. The first-order valence-electron chi connectivity index (χ1n) is 9.76. The maximum absolute atomic E-state index is 10.5. The third-order valence-corrected chi connectivity index (χ3v) is 5.46. The Morgan fingerprint density at radius 2 is 1.83 bits per heavy atom. The maximum Gasteiger partial charge on any atom is 0.167 e. The molecule has 9 nitrogen and oxygen atoms in total. The summed E-state index contributed by atoms with van der Waals surface area (Å²) in [6.45, 7) is 2.12. The van der Waals surface area contributed by atoms with Crippen molar-refractivity contribution >= 4 is 17.0 Å². The third-order valence-electron chi connectivity index (χ3n) is 5.46. The van der Waals surface area contributed by atoms with Gasteiger partial charge in [-0.25, -0.2) is 15.0 Å². The minimum Gasteiger partial charge on any atom is -0.388 e. The van der Waals surface area contributed by atoms with E-state index in [0.717, 1.165) is 12.0 Å². The molecular formula is C20H26N6O3. The van der Waals surface area contributed by atoms with Crippen LogP contribution in [0.15, 0.2) is 36.9 Å². The van der Waals surface area contributed by atoms with Crippen molar-refractivity contribution in [2.45, 2.75) is 56.8 Å². The minimum atomic E-state index is -1.13. The predicted molar refractivity (Wildman–Crippen MR) is 108 cm³/mol. The molecule has 0 saturated carbocycles. The number of nitrogen functional groups attached to an aromatic ring is 1. The van der Waals surface area contributed by atoms with Gasteiger partial charge in [-0.2, -0.15) is 0 Å². The van der Waals surface area contributed by atoms with Crippen LogP contribution in [0, 0.1) is 0 Å². The molecule has 0 spiro atoms. The van der Waals surface area contributed by atoms with Gasteiger partial charge in [-0.1, -0.05) is 31.2 Å². The molecule has 1 unspecified atom stereocenters. The van der Waals surface area contributed by atoms with Crippen LogP contribution in [-0.2, 0) is 17.6 Å². The molecule has 6 N–H and O–H groups in total. The summed E-state index contributed by atoms with van der Waals surface area (Å²) in [5.74, 6) is 0.245. The maximum atomic E-state index is 10.5. The van der Waals surface area contributed by atoms with Crippen molar-refractivity contribution in [3.05, 3.63) is 48.0 Å². The SMILES string of the molecule is CCc1ccc(CC(N)C[C@H]2O[C@@H](n3cnc4c(N)ncnc43)[C@H](O)[C@@H]2O)cc1. The van der Waals surface area contributed by atoms with Crippen molar-refractivity contribution in [2.24, 2.45) is 5.73 Å². The number of fused-ring (bicyclic) bond motifs is 1. The van der Waals surface area contributed by atoms with Gasteiger partial charge in [0.1, 0.15) is 24.1 Å². The molecule has 0 bridgehead atoms. The minimum absolute atomic E-state index is 0.217. The number of rotatable bonds is 6. The summed E-state index contributed by atoms with van der Waals surface area (Å²) in [7, 11) is 0. The highest BCUT2D eigenvalue weighted by atomic mass is 16.6. The van der Waals surface area contributed by atoms with E-state index in [9.17, 15) is 10.2 Å². The molecule has 5 atom stereocenters. The number of anilines is 1. The molecule has 4 rings (SSSR count). The Balaban J connectivity index is 1.45. The quantitative estimate of drug-likeness (QED) is 0.471. The zero-order valence-corrected chi connectivity index (χ0v) is 16.2. The van der Waals surface area contributed by atoms with E-state index in [2.05, 4.69) is 46.1 Å². The lowest BCUT2D eigenvalue weighted by Gasteiger charge is -2.19. The molecule has 29 heavy (non-hydrogen) atoms. The van der Waals surface area contributed by atoms with Gasteiger partial charge in [0.15, 0.2) is 17.7 Å². The molecule has 0 aliphatic carbocycles. The Labute approximate surface area is 168 Å². The summed E-state index contributed by atoms with van der Waals surface area (Å²) in [6.07, 6.45) is 1.24. The largest absolute Gasteiger partial charge is 0.388 e. The van der Waals surface area contributed by atoms with E-state index >= 15 is 0 Å². The van der Waals surface area contributed by atoms with Crippen LogP contribution in [0.4, 0.5) is 5.82 Å². The molecule has 1 aromatic carbocycles. The van der Waals surface area contributed by atoms with Gasteiger partial charge < -0.3 is 26.4 Å². The average molecular weight is 398 g/mol. The van der Waals surface area contributed by atoms with Crippen molar-refractivity contribution < 1.29 is 14.9 Å². The summed E-state index contributed by atoms with van der Waals surface area (Å²) in [5, 5.41) is 21.1. The van der Waals surface area contributed by atoms with E-state index in [1.54, 1.807) is 4.57 Å². The van der Waals surface area contributed by atoms with Gasteiger partial charge in [0.2, 0.25) is 0 Å². The van der Waals surface area contributed by atoms with Crippen LogP contribution < -0.4 is 11.5 Å². The lowest BCUT2D eigenvalue weighted by atomic mass is 9.97. The van der Waals surface area contributed by atoms with Gasteiger partial charge in [-0.05, 0) is 30.4 Å². The molecule has 3 heterocycles. The smallest absolute Gasteiger partial charge is 0.167 e. The highest BCUT2D eigenvalue weighted by molar-refractivity contribution is 5.81. The molecule has 1 aliphatic rings. The van der Waals surface area contributed by atoms with Crippen molar-refractivity contribution in [3.63, 3.8) is 0 Å². The number of aliphatic hydroxyl groups excluding tert-OH is 2. The van der Waals surface area contributed by atoms with Crippen molar-refractivity contribution in [1.29, 1.82) is 0 Å². The van der Waals surface area contributed by atoms with Gasteiger partial charge in [0.25, 0.3) is 0 Å². The number of nitrogens with zero attached hydrogens (tertiary/aromatic N) is 4. The Bertz CT molecular complexity index is 976. The van der Waals surface area contributed by atoms with Crippen molar-refractivity contribution in [1.82, 2.24) is 19.5 Å². The second-order valence-electron chi connectivity index (χ2n) is 7.50. The molecular weight excluding hydrogens is 372 g/mol. The first-order valence-corrected chi connectivity index (χ1v) is 9.76. The van der Waals surface area contributed by atoms with Gasteiger partial charge in [-0.15, -0.1) is 0 Å². The van der Waals surface area contributed by atoms with E-state index < -0.39 is 24.5 Å². The van der Waals surface area contributed by atoms with E-state index in [1.165, 1.54) is 18.2 Å². The summed E-state index contributed by atoms with van der Waals surface area (Å²) < 4.78 is 7.53. The third kappa shape index (κ3) is 3.82.